The van der Waals surface area contributed by atoms with Gasteiger partial charge in [-0.1, -0.05) is 77.8 Å². The number of anilines is 1. The van der Waals surface area contributed by atoms with Crippen LogP contribution >= 0.6 is 23.2 Å². The van der Waals surface area contributed by atoms with E-state index in [2.05, 4.69) is 5.32 Å². The summed E-state index contributed by atoms with van der Waals surface area (Å²) in [5.41, 5.74) is 1.67. The predicted octanol–water partition coefficient (Wildman–Crippen LogP) is 6.75. The largest absolute Gasteiger partial charge is 0.494 e. The van der Waals surface area contributed by atoms with Crippen LogP contribution in [0.1, 0.15) is 31.9 Å². The highest BCUT2D eigenvalue weighted by molar-refractivity contribution is 7.92. The topological polar surface area (TPSA) is 96.0 Å². The molecule has 2 amide bonds. The van der Waals surface area contributed by atoms with Crippen molar-refractivity contribution in [3.8, 4) is 5.75 Å². The number of benzene rings is 4. The maximum absolute atomic E-state index is 14.5. The van der Waals surface area contributed by atoms with Gasteiger partial charge in [-0.05, 0) is 80.4 Å². The van der Waals surface area contributed by atoms with Crippen LogP contribution < -0.4 is 14.4 Å². The molecule has 0 spiro atoms. The Balaban J connectivity index is 1.79. The molecule has 0 bridgehead atoms. The van der Waals surface area contributed by atoms with Crippen LogP contribution in [0.25, 0.3) is 0 Å². The number of hydrogen-bond acceptors (Lipinski definition) is 5. The van der Waals surface area contributed by atoms with Crippen molar-refractivity contribution in [2.75, 3.05) is 17.5 Å². The molecule has 8 nitrogen and oxygen atoms in total. The second kappa shape index (κ2) is 16.0. The molecule has 1 atom stereocenters. The molecule has 4 aromatic rings. The van der Waals surface area contributed by atoms with Gasteiger partial charge in [0.25, 0.3) is 10.0 Å². The minimum atomic E-state index is -4.24. The first kappa shape index (κ1) is 34.8. The van der Waals surface area contributed by atoms with Gasteiger partial charge in [-0.2, -0.15) is 0 Å². The van der Waals surface area contributed by atoms with Gasteiger partial charge in [-0.15, -0.1) is 0 Å². The van der Waals surface area contributed by atoms with Gasteiger partial charge in [0.1, 0.15) is 18.3 Å². The van der Waals surface area contributed by atoms with Crippen LogP contribution in [0, 0.1) is 0 Å². The van der Waals surface area contributed by atoms with Gasteiger partial charge in [0.05, 0.1) is 17.2 Å². The summed E-state index contributed by atoms with van der Waals surface area (Å²) in [6.45, 7) is 5.29. The molecule has 0 aliphatic rings. The Bertz CT molecular complexity index is 1720. The van der Waals surface area contributed by atoms with Crippen LogP contribution in [0.4, 0.5) is 5.69 Å². The highest BCUT2D eigenvalue weighted by Crippen LogP contribution is 2.28. The van der Waals surface area contributed by atoms with Crippen molar-refractivity contribution in [1.82, 2.24) is 10.2 Å². The summed E-state index contributed by atoms with van der Waals surface area (Å²) in [5, 5.41) is 3.67. The van der Waals surface area contributed by atoms with E-state index < -0.39 is 28.5 Å². The average molecular weight is 683 g/mol. The number of amides is 2. The van der Waals surface area contributed by atoms with Crippen LogP contribution in [-0.4, -0.2) is 50.4 Å². The van der Waals surface area contributed by atoms with Gasteiger partial charge in [-0.3, -0.25) is 13.9 Å². The summed E-state index contributed by atoms with van der Waals surface area (Å²) in [6, 6.07) is 27.5. The number of carbonyl (C=O) groups excluding carboxylic acids is 2. The second-order valence-corrected chi connectivity index (χ2v) is 13.6. The first-order valence-corrected chi connectivity index (χ1v) is 17.1. The smallest absolute Gasteiger partial charge is 0.264 e. The molecule has 0 aliphatic carbocycles. The number of hydrogen-bond donors (Lipinski definition) is 1. The van der Waals surface area contributed by atoms with E-state index in [-0.39, 0.29) is 29.8 Å². The summed E-state index contributed by atoms with van der Waals surface area (Å²) in [4.78, 5) is 29.7. The molecule has 0 heterocycles. The van der Waals surface area contributed by atoms with E-state index in [9.17, 15) is 18.0 Å². The van der Waals surface area contributed by atoms with E-state index in [1.165, 1.54) is 17.0 Å². The Morgan fingerprint density at radius 1 is 0.870 bits per heavy atom. The van der Waals surface area contributed by atoms with Gasteiger partial charge in [0.2, 0.25) is 11.8 Å². The molecule has 11 heteroatoms. The van der Waals surface area contributed by atoms with E-state index in [1.807, 2.05) is 51.1 Å². The van der Waals surface area contributed by atoms with Crippen LogP contribution in [-0.2, 0) is 32.6 Å². The molecular weight excluding hydrogens is 645 g/mol. The second-order valence-electron chi connectivity index (χ2n) is 10.9. The standard InChI is InChI=1S/C35H37Cl2N3O5S/c1-4-45-30-17-19-31(20-18-30)46(43,44)40(29-13-9-6-10-14-29)24-34(41)39(23-27-15-16-28(36)22-32(27)37)33(35(42)38-25(2)3)21-26-11-7-5-8-12-26/h5-20,22,25,33H,4,21,23-24H2,1-3H3,(H,38,42)/t33-/m0/s1. The van der Waals surface area contributed by atoms with E-state index in [4.69, 9.17) is 27.9 Å². The third kappa shape index (κ3) is 9.02. The SMILES string of the molecule is CCOc1ccc(S(=O)(=O)N(CC(=O)N(Cc2ccc(Cl)cc2Cl)[C@@H](Cc2ccccc2)C(=O)NC(C)C)c2ccccc2)cc1. The molecule has 0 saturated heterocycles. The quantitative estimate of drug-likeness (QED) is 0.159. The number of nitrogens with one attached hydrogen (secondary N) is 1. The number of carbonyl (C=O) groups is 2. The van der Waals surface area contributed by atoms with Crippen molar-refractivity contribution >= 4 is 50.7 Å². The van der Waals surface area contributed by atoms with Gasteiger partial charge in [0.15, 0.2) is 0 Å². The summed E-state index contributed by atoms with van der Waals surface area (Å²) >= 11 is 12.7. The zero-order chi connectivity index (χ0) is 33.3. The molecule has 0 fully saturated rings. The van der Waals surface area contributed by atoms with Gasteiger partial charge in [0, 0.05) is 29.1 Å². The number of nitrogens with zero attached hydrogens (tertiary/aromatic N) is 2. The Kier molecular flexibility index (Phi) is 12.1. The van der Waals surface area contributed by atoms with E-state index >= 15 is 0 Å². The molecule has 0 aromatic heterocycles. The Morgan fingerprint density at radius 2 is 1.50 bits per heavy atom. The van der Waals surface area contributed by atoms with Crippen molar-refractivity contribution < 1.29 is 22.7 Å². The first-order valence-electron chi connectivity index (χ1n) is 14.9. The number of sulfonamides is 1. The fraction of sp³-hybridized carbons (Fsp3) is 0.257. The lowest BCUT2D eigenvalue weighted by atomic mass is 10.0. The van der Waals surface area contributed by atoms with Gasteiger partial charge >= 0.3 is 0 Å². The van der Waals surface area contributed by atoms with Crippen molar-refractivity contribution in [3.63, 3.8) is 0 Å². The van der Waals surface area contributed by atoms with Crippen molar-refractivity contribution in [3.05, 3.63) is 124 Å². The monoisotopic (exact) mass is 681 g/mol. The van der Waals surface area contributed by atoms with Gasteiger partial charge < -0.3 is 15.0 Å². The molecule has 4 aromatic carbocycles. The van der Waals surface area contributed by atoms with Crippen LogP contribution in [0.3, 0.4) is 0 Å². The molecule has 46 heavy (non-hydrogen) atoms. The predicted molar refractivity (Wildman–Crippen MR) is 183 cm³/mol. The van der Waals surface area contributed by atoms with E-state index in [0.29, 0.717) is 33.7 Å². The number of ether oxygens (including phenoxy) is 1. The summed E-state index contributed by atoms with van der Waals surface area (Å²) in [5.74, 6) is -0.447. The Labute approximate surface area is 280 Å². The first-order chi connectivity index (χ1) is 22.0. The fourth-order valence-corrected chi connectivity index (χ4v) is 6.78. The van der Waals surface area contributed by atoms with Crippen molar-refractivity contribution in [2.24, 2.45) is 0 Å². The van der Waals surface area contributed by atoms with Crippen LogP contribution in [0.5, 0.6) is 5.75 Å². The lowest BCUT2D eigenvalue weighted by Crippen LogP contribution is -2.54. The normalized spacial score (nSPS) is 12.0. The highest BCUT2D eigenvalue weighted by Gasteiger charge is 2.35. The van der Waals surface area contributed by atoms with Crippen molar-refractivity contribution in [1.29, 1.82) is 0 Å². The minimum Gasteiger partial charge on any atom is -0.494 e. The molecule has 4 rings (SSSR count). The molecule has 1 N–H and O–H groups in total. The molecule has 242 valence electrons. The zero-order valence-electron chi connectivity index (χ0n) is 25.9. The molecule has 0 saturated carbocycles. The van der Waals surface area contributed by atoms with E-state index in [0.717, 1.165) is 9.87 Å². The lowest BCUT2D eigenvalue weighted by Gasteiger charge is -2.34. The van der Waals surface area contributed by atoms with E-state index in [1.54, 1.807) is 60.7 Å². The average Bonchev–Trinajstić information content (AvgIpc) is 3.03. The third-order valence-corrected chi connectivity index (χ3v) is 9.48. The summed E-state index contributed by atoms with van der Waals surface area (Å²) in [6.07, 6.45) is 0.188. The maximum Gasteiger partial charge on any atom is 0.264 e. The van der Waals surface area contributed by atoms with Crippen molar-refractivity contribution in [2.45, 2.75) is 50.7 Å². The summed E-state index contributed by atoms with van der Waals surface area (Å²) in [7, 11) is -4.24. The molecule has 0 unspecified atom stereocenters. The highest BCUT2D eigenvalue weighted by atomic mass is 35.5. The Hall–Kier alpha value is -4.05. The number of rotatable bonds is 14. The molecule has 0 radical (unpaired) electrons. The summed E-state index contributed by atoms with van der Waals surface area (Å²) < 4.78 is 34.8. The van der Waals surface area contributed by atoms with Gasteiger partial charge in [-0.25, -0.2) is 8.42 Å². The maximum atomic E-state index is 14.5. The molecule has 0 aliphatic heterocycles. The number of halogens is 2. The number of para-hydroxylation sites is 1. The third-order valence-electron chi connectivity index (χ3n) is 7.10. The van der Waals surface area contributed by atoms with Crippen LogP contribution in [0.2, 0.25) is 10.0 Å². The zero-order valence-corrected chi connectivity index (χ0v) is 28.2. The molecular formula is C35H37Cl2N3O5S. The lowest BCUT2D eigenvalue weighted by molar-refractivity contribution is -0.140. The Morgan fingerprint density at radius 3 is 2.09 bits per heavy atom. The minimum absolute atomic E-state index is 0.0155. The fourth-order valence-electron chi connectivity index (χ4n) is 4.89. The van der Waals surface area contributed by atoms with Crippen LogP contribution in [0.15, 0.2) is 108 Å².